The van der Waals surface area contributed by atoms with Crippen molar-refractivity contribution in [1.29, 1.82) is 0 Å². The van der Waals surface area contributed by atoms with Crippen LogP contribution in [0.25, 0.3) is 0 Å². The van der Waals surface area contributed by atoms with Gasteiger partial charge in [-0.2, -0.15) is 0 Å². The molecule has 0 aromatic carbocycles. The molecule has 0 aromatic heterocycles. The van der Waals surface area contributed by atoms with Gasteiger partial charge < -0.3 is 19.8 Å². The SMILES string of the molecule is CN1CC[C@]23C4=C5CCC(O)=C4O[C@H]2[C@@H](O)C=C[C@H]3[C@H]1C5. The molecule has 4 heteroatoms. The average molecular weight is 287 g/mol. The van der Waals surface area contributed by atoms with E-state index in [1.165, 1.54) is 11.1 Å². The Hall–Kier alpha value is -1.26. The van der Waals surface area contributed by atoms with Crippen molar-refractivity contribution in [3.8, 4) is 0 Å². The van der Waals surface area contributed by atoms with Gasteiger partial charge >= 0.3 is 0 Å². The number of hydrogen-bond donors (Lipinski definition) is 2. The molecule has 5 atom stereocenters. The normalized spacial score (nSPS) is 47.5. The van der Waals surface area contributed by atoms with E-state index in [0.29, 0.717) is 29.9 Å². The first-order chi connectivity index (χ1) is 10.1. The zero-order valence-corrected chi connectivity index (χ0v) is 12.2. The minimum atomic E-state index is -0.567. The number of nitrogens with zero attached hydrogens (tertiary/aromatic N) is 1. The first-order valence-electron chi connectivity index (χ1n) is 8.01. The van der Waals surface area contributed by atoms with Gasteiger partial charge in [-0.1, -0.05) is 17.7 Å². The van der Waals surface area contributed by atoms with Crippen LogP contribution in [0, 0.1) is 11.3 Å². The number of aliphatic hydroxyl groups is 2. The van der Waals surface area contributed by atoms with Gasteiger partial charge in [0.25, 0.3) is 0 Å². The molecule has 2 N–H and O–H groups in total. The van der Waals surface area contributed by atoms with Crippen molar-refractivity contribution in [2.24, 2.45) is 11.3 Å². The Bertz CT molecular complexity index is 620. The van der Waals surface area contributed by atoms with E-state index < -0.39 is 6.10 Å². The number of allylic oxidation sites excluding steroid dienone is 2. The predicted molar refractivity (Wildman–Crippen MR) is 77.5 cm³/mol. The molecule has 0 aromatic rings. The first kappa shape index (κ1) is 12.3. The number of aliphatic hydroxyl groups excluding tert-OH is 2. The van der Waals surface area contributed by atoms with Crippen LogP contribution in [-0.2, 0) is 4.74 Å². The molecule has 2 fully saturated rings. The number of rotatable bonds is 0. The summed E-state index contributed by atoms with van der Waals surface area (Å²) in [5.41, 5.74) is 2.61. The van der Waals surface area contributed by atoms with Crippen LogP contribution < -0.4 is 0 Å². The first-order valence-corrected chi connectivity index (χ1v) is 8.01. The molecular weight excluding hydrogens is 266 g/mol. The van der Waals surface area contributed by atoms with E-state index in [9.17, 15) is 10.2 Å². The average Bonchev–Trinajstić information content (AvgIpc) is 2.83. The Balaban J connectivity index is 1.80. The van der Waals surface area contributed by atoms with Gasteiger partial charge in [0.2, 0.25) is 0 Å². The van der Waals surface area contributed by atoms with Crippen LogP contribution >= 0.6 is 0 Å². The summed E-state index contributed by atoms with van der Waals surface area (Å²) < 4.78 is 6.14. The van der Waals surface area contributed by atoms with Crippen LogP contribution in [0.3, 0.4) is 0 Å². The van der Waals surface area contributed by atoms with Crippen molar-refractivity contribution >= 4 is 0 Å². The highest BCUT2D eigenvalue weighted by molar-refractivity contribution is 5.52. The fourth-order valence-corrected chi connectivity index (χ4v) is 5.54. The van der Waals surface area contributed by atoms with Gasteiger partial charge in [0.15, 0.2) is 5.76 Å². The maximum atomic E-state index is 10.5. The van der Waals surface area contributed by atoms with Crippen molar-refractivity contribution < 1.29 is 14.9 Å². The summed E-state index contributed by atoms with van der Waals surface area (Å²) in [4.78, 5) is 2.47. The van der Waals surface area contributed by atoms with Crippen molar-refractivity contribution in [2.75, 3.05) is 13.6 Å². The van der Waals surface area contributed by atoms with Gasteiger partial charge in [-0.3, -0.25) is 0 Å². The van der Waals surface area contributed by atoms with Gasteiger partial charge in [0.1, 0.15) is 18.0 Å². The molecule has 1 spiro atoms. The zero-order valence-electron chi connectivity index (χ0n) is 12.2. The van der Waals surface area contributed by atoms with Gasteiger partial charge in [0.05, 0.1) is 0 Å². The summed E-state index contributed by atoms with van der Waals surface area (Å²) in [6.45, 7) is 1.03. The van der Waals surface area contributed by atoms with Gasteiger partial charge in [-0.15, -0.1) is 0 Å². The number of hydrogen-bond acceptors (Lipinski definition) is 4. The largest absolute Gasteiger partial charge is 0.508 e. The molecule has 2 aliphatic heterocycles. The quantitative estimate of drug-likeness (QED) is 0.668. The maximum absolute atomic E-state index is 10.5. The smallest absolute Gasteiger partial charge is 0.161 e. The van der Waals surface area contributed by atoms with Crippen LogP contribution in [0.4, 0.5) is 0 Å². The second-order valence-corrected chi connectivity index (χ2v) is 7.24. The fraction of sp³-hybridized carbons (Fsp3) is 0.647. The second-order valence-electron chi connectivity index (χ2n) is 7.24. The molecule has 5 rings (SSSR count). The summed E-state index contributed by atoms with van der Waals surface area (Å²) in [7, 11) is 2.21. The molecule has 2 saturated heterocycles. The number of likely N-dealkylation sites (tertiary alicyclic amines) is 1. The third-order valence-electron chi connectivity index (χ3n) is 6.46. The lowest BCUT2D eigenvalue weighted by Gasteiger charge is -2.56. The Labute approximate surface area is 124 Å². The summed E-state index contributed by atoms with van der Waals surface area (Å²) in [6, 6.07) is 0.506. The van der Waals surface area contributed by atoms with Gasteiger partial charge in [-0.05, 0) is 32.9 Å². The standard InChI is InChI=1S/C17H21NO3/c1-18-7-6-17-10-3-5-13(20)16(17)21-15-12(19)4-2-9(14(15)17)8-11(10)18/h3,5,10-11,13,16,19-20H,2,4,6-8H2,1H3/t10-,11+,13-,16-,17-/m0/s1. The Morgan fingerprint density at radius 2 is 2.19 bits per heavy atom. The van der Waals surface area contributed by atoms with Crippen LogP contribution in [0.15, 0.2) is 34.8 Å². The number of ether oxygens (including phenoxy) is 1. The van der Waals surface area contributed by atoms with E-state index in [1.54, 1.807) is 0 Å². The molecule has 3 aliphatic carbocycles. The molecule has 5 aliphatic rings. The van der Waals surface area contributed by atoms with Crippen LogP contribution in [0.2, 0.25) is 0 Å². The summed E-state index contributed by atoms with van der Waals surface area (Å²) in [5.74, 6) is 1.49. The lowest BCUT2D eigenvalue weighted by atomic mass is 9.52. The minimum absolute atomic E-state index is 0.108. The minimum Gasteiger partial charge on any atom is -0.508 e. The monoisotopic (exact) mass is 287 g/mol. The molecule has 0 radical (unpaired) electrons. The fourth-order valence-electron chi connectivity index (χ4n) is 5.54. The summed E-state index contributed by atoms with van der Waals surface area (Å²) in [6.07, 6.45) is 7.04. The highest BCUT2D eigenvalue weighted by Gasteiger charge is 2.65. The van der Waals surface area contributed by atoms with Crippen LogP contribution in [0.5, 0.6) is 0 Å². The summed E-state index contributed by atoms with van der Waals surface area (Å²) >= 11 is 0. The van der Waals surface area contributed by atoms with E-state index in [2.05, 4.69) is 18.0 Å². The topological polar surface area (TPSA) is 52.9 Å². The van der Waals surface area contributed by atoms with E-state index in [1.807, 2.05) is 6.08 Å². The van der Waals surface area contributed by atoms with E-state index in [0.717, 1.165) is 25.8 Å². The third kappa shape index (κ3) is 1.25. The van der Waals surface area contributed by atoms with E-state index in [4.69, 9.17) is 4.74 Å². The second kappa shape index (κ2) is 3.73. The van der Waals surface area contributed by atoms with Gasteiger partial charge in [-0.25, -0.2) is 0 Å². The van der Waals surface area contributed by atoms with E-state index >= 15 is 0 Å². The Kier molecular flexibility index (Phi) is 2.19. The third-order valence-corrected chi connectivity index (χ3v) is 6.46. The van der Waals surface area contributed by atoms with E-state index in [-0.39, 0.29) is 11.5 Å². The Morgan fingerprint density at radius 1 is 1.33 bits per heavy atom. The van der Waals surface area contributed by atoms with Crippen molar-refractivity contribution in [2.45, 2.75) is 43.9 Å². The van der Waals surface area contributed by atoms with Crippen molar-refractivity contribution in [1.82, 2.24) is 4.90 Å². The molecule has 4 nitrogen and oxygen atoms in total. The molecule has 0 saturated carbocycles. The van der Waals surface area contributed by atoms with Crippen LogP contribution in [-0.4, -0.2) is 47.0 Å². The highest BCUT2D eigenvalue weighted by Crippen LogP contribution is 2.65. The molecule has 2 bridgehead atoms. The van der Waals surface area contributed by atoms with Crippen molar-refractivity contribution in [3.63, 3.8) is 0 Å². The molecule has 112 valence electrons. The van der Waals surface area contributed by atoms with Crippen molar-refractivity contribution in [3.05, 3.63) is 34.8 Å². The predicted octanol–water partition coefficient (Wildman–Crippen LogP) is 1.89. The highest BCUT2D eigenvalue weighted by atomic mass is 16.5. The van der Waals surface area contributed by atoms with Gasteiger partial charge in [0, 0.05) is 29.4 Å². The summed E-state index contributed by atoms with van der Waals surface area (Å²) in [5, 5.41) is 20.8. The molecular formula is C17H21NO3. The molecule has 2 heterocycles. The molecule has 21 heavy (non-hydrogen) atoms. The number of piperidine rings is 1. The molecule has 0 amide bonds. The zero-order chi connectivity index (χ0) is 14.4. The van der Waals surface area contributed by atoms with Crippen LogP contribution in [0.1, 0.15) is 25.7 Å². The lowest BCUT2D eigenvalue weighted by Crippen LogP contribution is -2.61. The maximum Gasteiger partial charge on any atom is 0.161 e. The lowest BCUT2D eigenvalue weighted by molar-refractivity contribution is -0.0798. The molecule has 0 unspecified atom stereocenters. The Morgan fingerprint density at radius 3 is 3.05 bits per heavy atom.